The third kappa shape index (κ3) is 3.44. The average Bonchev–Trinajstić information content (AvgIpc) is 2.97. The molecule has 0 radical (unpaired) electrons. The zero-order chi connectivity index (χ0) is 17.4. The number of rotatable bonds is 3. The lowest BCUT2D eigenvalue weighted by Crippen LogP contribution is -1.98. The van der Waals surface area contributed by atoms with Gasteiger partial charge < -0.3 is 4.74 Å². The maximum Gasteiger partial charge on any atom is 0.237 e. The van der Waals surface area contributed by atoms with Crippen molar-refractivity contribution in [1.82, 2.24) is 24.8 Å². The molecule has 6 nitrogen and oxygen atoms in total. The van der Waals surface area contributed by atoms with Crippen LogP contribution in [0.1, 0.15) is 0 Å². The molecule has 0 aliphatic heterocycles. The van der Waals surface area contributed by atoms with Crippen LogP contribution in [0.15, 0.2) is 53.3 Å². The molecule has 0 aliphatic rings. The molecule has 3 aromatic heterocycles. The van der Waals surface area contributed by atoms with E-state index in [0.29, 0.717) is 38.7 Å². The molecule has 0 saturated heterocycles. The Morgan fingerprint density at radius 3 is 2.52 bits per heavy atom. The number of nitrogens with zero attached hydrogens (tertiary/aromatic N) is 5. The van der Waals surface area contributed by atoms with Gasteiger partial charge in [-0.05, 0) is 46.3 Å². The fourth-order valence-corrected chi connectivity index (χ4v) is 3.13. The van der Waals surface area contributed by atoms with Gasteiger partial charge in [-0.1, -0.05) is 23.2 Å². The zero-order valence-electron chi connectivity index (χ0n) is 12.4. The Balaban J connectivity index is 1.77. The van der Waals surface area contributed by atoms with Crippen molar-refractivity contribution in [1.29, 1.82) is 0 Å². The molecule has 4 rings (SSSR count). The Morgan fingerprint density at radius 2 is 1.76 bits per heavy atom. The summed E-state index contributed by atoms with van der Waals surface area (Å²) in [6.45, 7) is 0. The van der Waals surface area contributed by atoms with Gasteiger partial charge in [0.15, 0.2) is 11.5 Å². The predicted octanol–water partition coefficient (Wildman–Crippen LogP) is 5.05. The van der Waals surface area contributed by atoms with Crippen LogP contribution in [0.25, 0.3) is 17.0 Å². The van der Waals surface area contributed by atoms with Gasteiger partial charge in [0, 0.05) is 32.3 Å². The van der Waals surface area contributed by atoms with Crippen LogP contribution in [0.5, 0.6) is 11.6 Å². The minimum absolute atomic E-state index is 0.376. The van der Waals surface area contributed by atoms with Gasteiger partial charge in [-0.3, -0.25) is 4.98 Å². The average molecular weight is 437 g/mol. The highest BCUT2D eigenvalue weighted by Gasteiger charge is 2.12. The van der Waals surface area contributed by atoms with Crippen LogP contribution in [0.4, 0.5) is 0 Å². The summed E-state index contributed by atoms with van der Waals surface area (Å²) in [4.78, 5) is 4.06. The lowest BCUT2D eigenvalue weighted by molar-refractivity contribution is 0.450. The van der Waals surface area contributed by atoms with Gasteiger partial charge in [0.25, 0.3) is 0 Å². The normalized spacial score (nSPS) is 11.0. The largest absolute Gasteiger partial charge is 0.436 e. The minimum Gasteiger partial charge on any atom is -0.436 e. The second-order valence-corrected chi connectivity index (χ2v) is 6.85. The number of hydrogen-bond acceptors (Lipinski definition) is 5. The number of hydrogen-bond donors (Lipinski definition) is 0. The van der Waals surface area contributed by atoms with E-state index >= 15 is 0 Å². The topological polar surface area (TPSA) is 65.2 Å². The fraction of sp³-hybridized carbons (Fsp3) is 0. The van der Waals surface area contributed by atoms with Crippen LogP contribution >= 0.6 is 39.1 Å². The molecule has 1 aromatic carbocycles. The van der Waals surface area contributed by atoms with Gasteiger partial charge >= 0.3 is 0 Å². The summed E-state index contributed by atoms with van der Waals surface area (Å²) in [5, 5.41) is 13.7. The molecule has 0 unspecified atom stereocenters. The number of pyridine rings is 1. The summed E-state index contributed by atoms with van der Waals surface area (Å²) in [5.74, 6) is 1.44. The van der Waals surface area contributed by atoms with E-state index < -0.39 is 0 Å². The van der Waals surface area contributed by atoms with Crippen LogP contribution < -0.4 is 4.74 Å². The summed E-state index contributed by atoms with van der Waals surface area (Å²) in [6, 6.07) is 10.4. The third-order valence-electron chi connectivity index (χ3n) is 3.26. The molecule has 0 aliphatic carbocycles. The summed E-state index contributed by atoms with van der Waals surface area (Å²) in [5.41, 5.74) is 1.28. The van der Waals surface area contributed by atoms with E-state index in [-0.39, 0.29) is 0 Å². The highest BCUT2D eigenvalue weighted by Crippen LogP contribution is 2.27. The van der Waals surface area contributed by atoms with Crippen molar-refractivity contribution < 1.29 is 4.74 Å². The Labute approximate surface area is 160 Å². The Bertz CT molecular complexity index is 1070. The maximum atomic E-state index is 6.07. The van der Waals surface area contributed by atoms with Crippen molar-refractivity contribution in [2.45, 2.75) is 0 Å². The lowest BCUT2D eigenvalue weighted by Gasteiger charge is -2.06. The molecular formula is C16H8BrCl2N5O. The molecule has 9 heteroatoms. The number of aromatic nitrogens is 5. The zero-order valence-corrected chi connectivity index (χ0v) is 15.5. The Morgan fingerprint density at radius 1 is 0.960 bits per heavy atom. The molecule has 4 aromatic rings. The van der Waals surface area contributed by atoms with Crippen molar-refractivity contribution in [3.63, 3.8) is 0 Å². The first-order valence-electron chi connectivity index (χ1n) is 7.06. The molecule has 0 N–H and O–H groups in total. The van der Waals surface area contributed by atoms with E-state index in [1.165, 1.54) is 0 Å². The third-order valence-corrected chi connectivity index (χ3v) is 4.13. The summed E-state index contributed by atoms with van der Waals surface area (Å²) < 4.78 is 8.12. The van der Waals surface area contributed by atoms with Crippen molar-refractivity contribution in [2.24, 2.45) is 0 Å². The summed E-state index contributed by atoms with van der Waals surface area (Å²) in [7, 11) is 0. The highest BCUT2D eigenvalue weighted by atomic mass is 79.9. The Hall–Kier alpha value is -2.22. The predicted molar refractivity (Wildman–Crippen MR) is 98.2 cm³/mol. The maximum absolute atomic E-state index is 6.07. The molecule has 0 saturated carbocycles. The molecular weight excluding hydrogens is 429 g/mol. The van der Waals surface area contributed by atoms with E-state index in [0.717, 1.165) is 4.47 Å². The van der Waals surface area contributed by atoms with E-state index in [4.69, 9.17) is 27.9 Å². The summed E-state index contributed by atoms with van der Waals surface area (Å²) >= 11 is 15.5. The lowest BCUT2D eigenvalue weighted by atomic mass is 10.2. The van der Waals surface area contributed by atoms with E-state index in [1.54, 1.807) is 53.3 Å². The van der Waals surface area contributed by atoms with Gasteiger partial charge in [-0.15, -0.1) is 15.3 Å². The van der Waals surface area contributed by atoms with Crippen LogP contribution in [-0.4, -0.2) is 24.8 Å². The molecule has 0 fully saturated rings. The van der Waals surface area contributed by atoms with Gasteiger partial charge in [-0.2, -0.15) is 4.52 Å². The van der Waals surface area contributed by atoms with Crippen LogP contribution in [0, 0.1) is 0 Å². The van der Waals surface area contributed by atoms with Gasteiger partial charge in [0.2, 0.25) is 5.88 Å². The highest BCUT2D eigenvalue weighted by molar-refractivity contribution is 9.10. The van der Waals surface area contributed by atoms with Crippen molar-refractivity contribution >= 4 is 44.8 Å². The van der Waals surface area contributed by atoms with Crippen molar-refractivity contribution in [3.05, 3.63) is 63.3 Å². The smallest absolute Gasteiger partial charge is 0.237 e. The molecule has 0 bridgehead atoms. The monoisotopic (exact) mass is 435 g/mol. The van der Waals surface area contributed by atoms with Crippen LogP contribution in [0.2, 0.25) is 10.0 Å². The van der Waals surface area contributed by atoms with E-state index in [9.17, 15) is 0 Å². The molecule has 0 spiro atoms. The second-order valence-electron chi connectivity index (χ2n) is 5.06. The van der Waals surface area contributed by atoms with Crippen LogP contribution in [-0.2, 0) is 0 Å². The quantitative estimate of drug-likeness (QED) is 0.449. The van der Waals surface area contributed by atoms with E-state index in [2.05, 4.69) is 36.2 Å². The number of halogens is 3. The number of benzene rings is 1. The first kappa shape index (κ1) is 16.3. The number of fused-ring (bicyclic) bond motifs is 1. The first-order chi connectivity index (χ1) is 12.1. The van der Waals surface area contributed by atoms with Crippen molar-refractivity contribution in [2.75, 3.05) is 0 Å². The molecule has 25 heavy (non-hydrogen) atoms. The Kier molecular flexibility index (Phi) is 4.29. The minimum atomic E-state index is 0.376. The second kappa shape index (κ2) is 6.59. The first-order valence-corrected chi connectivity index (χ1v) is 8.61. The summed E-state index contributed by atoms with van der Waals surface area (Å²) in [6.07, 6.45) is 3.27. The standard InChI is InChI=1S/C16H8BrCl2N5O/c17-10-5-13(8-20-7-10)25-15-2-1-14-21-22-16(24(14)23-15)9-3-11(18)6-12(19)4-9/h1-8H. The fourth-order valence-electron chi connectivity index (χ4n) is 2.26. The van der Waals surface area contributed by atoms with Crippen molar-refractivity contribution in [3.8, 4) is 23.0 Å². The molecule has 3 heterocycles. The molecule has 0 atom stereocenters. The van der Waals surface area contributed by atoms with Gasteiger partial charge in [0.05, 0.1) is 6.20 Å². The van der Waals surface area contributed by atoms with Gasteiger partial charge in [-0.25, -0.2) is 0 Å². The van der Waals surface area contributed by atoms with Gasteiger partial charge in [0.1, 0.15) is 5.75 Å². The molecule has 0 amide bonds. The van der Waals surface area contributed by atoms with E-state index in [1.807, 2.05) is 0 Å². The van der Waals surface area contributed by atoms with Crippen LogP contribution in [0.3, 0.4) is 0 Å². The SMILES string of the molecule is Clc1cc(Cl)cc(-c2nnc3ccc(Oc4cncc(Br)c4)nn23)c1. The molecule has 124 valence electrons. The number of ether oxygens (including phenoxy) is 1.